The van der Waals surface area contributed by atoms with Gasteiger partial charge in [0, 0.05) is 60.3 Å². The van der Waals surface area contributed by atoms with Gasteiger partial charge >= 0.3 is 0 Å². The van der Waals surface area contributed by atoms with E-state index in [-0.39, 0.29) is 17.0 Å². The maximum atomic E-state index is 13.1. The fourth-order valence-corrected chi connectivity index (χ4v) is 5.00. The number of carbonyl (C=O) groups is 1. The summed E-state index contributed by atoms with van der Waals surface area (Å²) in [6, 6.07) is 6.90. The number of halogens is 3. The topological polar surface area (TPSA) is 69.3 Å². The summed E-state index contributed by atoms with van der Waals surface area (Å²) in [6.45, 7) is 17.8. The van der Waals surface area contributed by atoms with Crippen molar-refractivity contribution in [3.63, 3.8) is 0 Å². The van der Waals surface area contributed by atoms with Gasteiger partial charge in [-0.05, 0) is 45.9 Å². The van der Waals surface area contributed by atoms with Crippen molar-refractivity contribution in [2.24, 2.45) is 0 Å². The number of nitrogens with zero attached hydrogens (tertiary/aromatic N) is 4. The van der Waals surface area contributed by atoms with E-state index < -0.39 is 0 Å². The van der Waals surface area contributed by atoms with E-state index in [0.29, 0.717) is 70.8 Å². The molecule has 1 aliphatic heterocycles. The molecule has 1 aromatic carbocycles. The van der Waals surface area contributed by atoms with Crippen molar-refractivity contribution in [2.75, 3.05) is 31.1 Å². The highest BCUT2D eigenvalue weighted by Crippen LogP contribution is 2.24. The second kappa shape index (κ2) is 18.0. The minimum Gasteiger partial charge on any atom is -0.366 e. The monoisotopic (exact) mass is 626 g/mol. The van der Waals surface area contributed by atoms with Crippen LogP contribution in [-0.2, 0) is 6.54 Å². The lowest BCUT2D eigenvalue weighted by molar-refractivity contribution is 0.0746. The summed E-state index contributed by atoms with van der Waals surface area (Å²) in [5.41, 5.74) is 1.55. The van der Waals surface area contributed by atoms with Gasteiger partial charge in [-0.1, -0.05) is 77.8 Å². The van der Waals surface area contributed by atoms with Crippen LogP contribution < -0.4 is 21.0 Å². The van der Waals surface area contributed by atoms with Crippen LogP contribution in [-0.4, -0.2) is 41.6 Å². The molecule has 0 bridgehead atoms. The van der Waals surface area contributed by atoms with E-state index in [2.05, 4.69) is 32.1 Å². The predicted octanol–water partition coefficient (Wildman–Crippen LogP) is 6.12. The van der Waals surface area contributed by atoms with Crippen molar-refractivity contribution in [1.82, 2.24) is 9.47 Å². The molecule has 0 spiro atoms. The lowest BCUT2D eigenvalue weighted by atomic mass is 10.0. The maximum Gasteiger partial charge on any atom is 0.271 e. The van der Waals surface area contributed by atoms with E-state index in [4.69, 9.17) is 34.8 Å². The Morgan fingerprint density at radius 1 is 1.10 bits per heavy atom. The van der Waals surface area contributed by atoms with E-state index >= 15 is 0 Å². The summed E-state index contributed by atoms with van der Waals surface area (Å²) in [5.74, 6) is -0.153. The Kier molecular flexibility index (Phi) is 15.6. The quantitative estimate of drug-likeness (QED) is 0.286. The SMILES string of the molecule is C#C.C/C=C\C=C/C.C=C(Cl)C/C(C)=c1/c(N2CCN(C(=O)c3ccc(Cl)c(Cl)c3)CC2)c(C#N)c(=O)n(CC)c1=C. The number of aromatic nitrogens is 1. The Morgan fingerprint density at radius 2 is 1.67 bits per heavy atom. The van der Waals surface area contributed by atoms with Crippen molar-refractivity contribution < 1.29 is 4.79 Å². The van der Waals surface area contributed by atoms with Crippen molar-refractivity contribution in [1.29, 1.82) is 5.26 Å². The largest absolute Gasteiger partial charge is 0.366 e. The fraction of sp³-hybridized carbons (Fsp3) is 0.303. The Labute approximate surface area is 264 Å². The number of benzene rings is 1. The zero-order valence-electron chi connectivity index (χ0n) is 24.6. The molecule has 0 unspecified atom stereocenters. The highest BCUT2D eigenvalue weighted by molar-refractivity contribution is 6.42. The standard InChI is InChI=1S/C25H25Cl3N4O2.C6H10.C2H2/c1-5-32-17(4)22(15(2)12-16(3)26)23(19(14-29)25(32)34)30-8-10-31(11-9-30)24(33)18-6-7-20(27)21(28)13-18;1-3-5-6-4-2;1-2/h6-7,13H,3-5,8-12H2,1-2H3;3-6H,1-2H3;1-2H/b22-15+;5-3-,6-4-;. The van der Waals surface area contributed by atoms with Gasteiger partial charge in [-0.2, -0.15) is 5.26 Å². The summed E-state index contributed by atoms with van der Waals surface area (Å²) in [7, 11) is 0. The number of carbonyl (C=O) groups excluding carboxylic acids is 1. The second-order valence-electron chi connectivity index (χ2n) is 9.14. The minimum absolute atomic E-state index is 0.0630. The Morgan fingerprint density at radius 3 is 2.12 bits per heavy atom. The number of terminal acetylenes is 1. The molecule has 0 saturated carbocycles. The van der Waals surface area contributed by atoms with Gasteiger partial charge in [0.25, 0.3) is 11.5 Å². The molecule has 222 valence electrons. The van der Waals surface area contributed by atoms with Crippen LogP contribution in [0.2, 0.25) is 10.0 Å². The first-order valence-electron chi connectivity index (χ1n) is 13.3. The number of pyridine rings is 1. The first-order chi connectivity index (χ1) is 20.0. The van der Waals surface area contributed by atoms with Gasteiger partial charge in [0.1, 0.15) is 11.6 Å². The molecule has 1 aromatic heterocycles. The number of rotatable bonds is 6. The summed E-state index contributed by atoms with van der Waals surface area (Å²) < 4.78 is 1.50. The van der Waals surface area contributed by atoms with Gasteiger partial charge in [0.2, 0.25) is 0 Å². The molecule has 42 heavy (non-hydrogen) atoms. The number of anilines is 1. The first kappa shape index (κ1) is 36.3. The Bertz CT molecular complexity index is 1560. The molecule has 1 fully saturated rings. The average Bonchev–Trinajstić information content (AvgIpc) is 2.98. The van der Waals surface area contributed by atoms with Gasteiger partial charge in [-0.25, -0.2) is 0 Å². The van der Waals surface area contributed by atoms with Gasteiger partial charge in [-0.15, -0.1) is 12.8 Å². The third kappa shape index (κ3) is 9.16. The summed E-state index contributed by atoms with van der Waals surface area (Å²) in [6.07, 6.45) is 16.4. The molecule has 0 atom stereocenters. The molecular formula is C33H37Cl3N4O2. The molecule has 2 heterocycles. The predicted molar refractivity (Wildman–Crippen MR) is 179 cm³/mol. The first-order valence-corrected chi connectivity index (χ1v) is 14.4. The molecule has 2 aromatic rings. The second-order valence-corrected chi connectivity index (χ2v) is 10.5. The zero-order chi connectivity index (χ0) is 32.0. The van der Waals surface area contributed by atoms with Crippen molar-refractivity contribution >= 4 is 58.5 Å². The number of amides is 1. The van der Waals surface area contributed by atoms with E-state index in [1.54, 1.807) is 23.1 Å². The van der Waals surface area contributed by atoms with Crippen LogP contribution in [0, 0.1) is 24.2 Å². The molecule has 3 rings (SSSR count). The average molecular weight is 628 g/mol. The van der Waals surface area contributed by atoms with E-state index in [1.807, 2.05) is 56.9 Å². The number of allylic oxidation sites excluding steroid dienone is 5. The van der Waals surface area contributed by atoms with Crippen LogP contribution in [0.25, 0.3) is 12.2 Å². The highest BCUT2D eigenvalue weighted by atomic mass is 35.5. The van der Waals surface area contributed by atoms with Crippen LogP contribution in [0.1, 0.15) is 50.0 Å². The molecule has 0 aliphatic carbocycles. The van der Waals surface area contributed by atoms with Crippen molar-refractivity contribution in [2.45, 2.75) is 40.7 Å². The van der Waals surface area contributed by atoms with Crippen LogP contribution in [0.15, 0.2) is 58.9 Å². The zero-order valence-corrected chi connectivity index (χ0v) is 26.9. The smallest absolute Gasteiger partial charge is 0.271 e. The maximum absolute atomic E-state index is 13.1. The molecular weight excluding hydrogens is 591 g/mol. The lowest BCUT2D eigenvalue weighted by Crippen LogP contribution is -2.54. The number of piperazine rings is 1. The van der Waals surface area contributed by atoms with Gasteiger partial charge in [-0.3, -0.25) is 9.59 Å². The van der Waals surface area contributed by atoms with Crippen LogP contribution in [0.4, 0.5) is 5.69 Å². The van der Waals surface area contributed by atoms with Gasteiger partial charge < -0.3 is 14.4 Å². The van der Waals surface area contributed by atoms with E-state index in [9.17, 15) is 14.9 Å². The van der Waals surface area contributed by atoms with Crippen molar-refractivity contribution in [3.8, 4) is 18.9 Å². The minimum atomic E-state index is -0.374. The fourth-order valence-electron chi connectivity index (χ4n) is 4.50. The molecule has 1 saturated heterocycles. The Balaban J connectivity index is 0.000000979. The Hall–Kier alpha value is -3.68. The van der Waals surface area contributed by atoms with Crippen LogP contribution in [0.5, 0.6) is 0 Å². The third-order valence-electron chi connectivity index (χ3n) is 6.40. The lowest BCUT2D eigenvalue weighted by Gasteiger charge is -2.37. The third-order valence-corrected chi connectivity index (χ3v) is 7.28. The molecule has 9 heteroatoms. The van der Waals surface area contributed by atoms with Crippen molar-refractivity contribution in [3.05, 3.63) is 96.2 Å². The highest BCUT2D eigenvalue weighted by Gasteiger charge is 2.27. The summed E-state index contributed by atoms with van der Waals surface area (Å²) in [5, 5.41) is 12.3. The molecule has 6 nitrogen and oxygen atoms in total. The van der Waals surface area contributed by atoms with E-state index in [1.165, 1.54) is 4.57 Å². The van der Waals surface area contributed by atoms with Gasteiger partial charge in [0.05, 0.1) is 15.7 Å². The van der Waals surface area contributed by atoms with Crippen LogP contribution >= 0.6 is 34.8 Å². The number of nitriles is 1. The number of hydrogen-bond acceptors (Lipinski definition) is 4. The molecule has 0 radical (unpaired) electrons. The van der Waals surface area contributed by atoms with Crippen LogP contribution in [0.3, 0.4) is 0 Å². The number of hydrogen-bond donors (Lipinski definition) is 0. The van der Waals surface area contributed by atoms with Gasteiger partial charge in [0.15, 0.2) is 0 Å². The summed E-state index contributed by atoms with van der Waals surface area (Å²) >= 11 is 18.1. The van der Waals surface area contributed by atoms with E-state index in [0.717, 1.165) is 10.8 Å². The normalized spacial score (nSPS) is 13.5. The summed E-state index contributed by atoms with van der Waals surface area (Å²) in [4.78, 5) is 29.7. The molecule has 1 aliphatic rings. The molecule has 0 N–H and O–H groups in total. The molecule has 1 amide bonds.